The van der Waals surface area contributed by atoms with E-state index in [1.807, 2.05) is 0 Å². The molecule has 0 aromatic carbocycles. The maximum absolute atomic E-state index is 13.2. The Bertz CT molecular complexity index is 334. The molecule has 1 unspecified atom stereocenters. The first-order valence-electron chi connectivity index (χ1n) is 2.78. The Morgan fingerprint density at radius 3 is 2.36 bits per heavy atom. The molecule has 0 aromatic heterocycles. The van der Waals surface area contributed by atoms with Crippen LogP contribution in [0.4, 0.5) is 12.6 Å². The third kappa shape index (κ3) is 5.30. The third-order valence-corrected chi connectivity index (χ3v) is 5.49. The molecule has 82 valence electrons. The average molecular weight is 285 g/mol. The zero-order valence-electron chi connectivity index (χ0n) is 6.75. The van der Waals surface area contributed by atoms with Gasteiger partial charge < -0.3 is 4.52 Å². The minimum Gasteiger partial charge on any atom is -0.306 e. The molecule has 14 heavy (non-hydrogen) atoms. The SMILES string of the molecule is COP(F)(=NP(F)(F)=NP=N)/N=P\N. The number of rotatable bonds is 4. The molecule has 0 radical (unpaired) electrons. The minimum atomic E-state index is -5.16. The molecular weight excluding hydrogens is 279 g/mol. The molecule has 0 saturated carbocycles. The Kier molecular flexibility index (Phi) is 6.22. The van der Waals surface area contributed by atoms with Crippen molar-refractivity contribution in [3.8, 4) is 0 Å². The molecule has 13 heteroatoms. The molecule has 0 rings (SSSR count). The molecule has 3 N–H and O–H groups in total. The fourth-order valence-corrected chi connectivity index (χ4v) is 3.88. The maximum atomic E-state index is 13.2. The van der Waals surface area contributed by atoms with Crippen LogP contribution in [0.2, 0.25) is 0 Å². The van der Waals surface area contributed by atoms with Gasteiger partial charge in [-0.3, -0.25) is 10.7 Å². The number of nitrogens with one attached hydrogen (secondary N) is 1. The van der Waals surface area contributed by atoms with Gasteiger partial charge in [0, 0.05) is 7.11 Å². The van der Waals surface area contributed by atoms with E-state index in [9.17, 15) is 12.6 Å². The highest BCUT2D eigenvalue weighted by molar-refractivity contribution is 7.69. The van der Waals surface area contributed by atoms with E-state index in [1.165, 1.54) is 0 Å². The van der Waals surface area contributed by atoms with Crippen LogP contribution in [-0.2, 0) is 4.52 Å². The molecule has 0 aliphatic rings. The van der Waals surface area contributed by atoms with E-state index in [4.69, 9.17) is 10.7 Å². The first kappa shape index (κ1) is 14.4. The van der Waals surface area contributed by atoms with Crippen molar-refractivity contribution in [2.45, 2.75) is 0 Å². The topological polar surface area (TPSA) is 96.2 Å². The van der Waals surface area contributed by atoms with Gasteiger partial charge in [-0.1, -0.05) is 0 Å². The minimum absolute atomic E-state index is 0.278. The lowest BCUT2D eigenvalue weighted by Gasteiger charge is -2.05. The van der Waals surface area contributed by atoms with Crippen LogP contribution in [0.3, 0.4) is 0 Å². The Morgan fingerprint density at radius 1 is 1.43 bits per heavy atom. The van der Waals surface area contributed by atoms with Crippen molar-refractivity contribution in [2.75, 3.05) is 7.11 Å². The van der Waals surface area contributed by atoms with Crippen molar-refractivity contribution in [2.24, 2.45) is 19.1 Å². The quantitative estimate of drug-likeness (QED) is 0.706. The lowest BCUT2D eigenvalue weighted by atomic mass is 11.8. The van der Waals surface area contributed by atoms with E-state index in [0.29, 0.717) is 0 Å². The monoisotopic (exact) mass is 285 g/mol. The zero-order chi connectivity index (χ0) is 11.2. The fraction of sp³-hybridized carbons (Fsp3) is 1.00. The number of nitrogens with two attached hydrogens (primary N) is 1. The van der Waals surface area contributed by atoms with Crippen LogP contribution in [0.5, 0.6) is 0 Å². The maximum Gasteiger partial charge on any atom is 0.426 e. The Hall–Kier alpha value is 0.370. The van der Waals surface area contributed by atoms with Gasteiger partial charge in [-0.2, -0.15) is 8.71 Å². The zero-order valence-corrected chi connectivity index (χ0v) is 10.3. The Labute approximate surface area is 81.8 Å². The molecule has 0 amide bonds. The van der Waals surface area contributed by atoms with Gasteiger partial charge >= 0.3 is 15.6 Å². The molecule has 0 aliphatic carbocycles. The van der Waals surface area contributed by atoms with Gasteiger partial charge in [-0.15, -0.1) is 17.4 Å². The third-order valence-electron chi connectivity index (χ3n) is 0.765. The lowest BCUT2D eigenvalue weighted by molar-refractivity contribution is 0.421. The van der Waals surface area contributed by atoms with Gasteiger partial charge in [0.25, 0.3) is 0 Å². The van der Waals surface area contributed by atoms with Crippen molar-refractivity contribution >= 4 is 32.6 Å². The second-order valence-electron chi connectivity index (χ2n) is 1.60. The summed E-state index contributed by atoms with van der Waals surface area (Å²) in [5, 5.41) is 6.41. The molecule has 0 bridgehead atoms. The van der Waals surface area contributed by atoms with Crippen LogP contribution < -0.4 is 5.50 Å². The van der Waals surface area contributed by atoms with E-state index in [2.05, 4.69) is 18.1 Å². The first-order valence-corrected chi connectivity index (χ1v) is 7.52. The number of hydrogen-bond acceptors (Lipinski definition) is 2. The summed E-state index contributed by atoms with van der Waals surface area (Å²) in [6.45, 7) is 0. The van der Waals surface area contributed by atoms with Gasteiger partial charge in [-0.25, -0.2) is 0 Å². The normalized spacial score (nSPS) is 16.9. The largest absolute Gasteiger partial charge is 0.426 e. The predicted molar refractivity (Wildman–Crippen MR) is 52.2 cm³/mol. The molecular formula is CH6F3N5OP4. The lowest BCUT2D eigenvalue weighted by Crippen LogP contribution is -1.72. The summed E-state index contributed by atoms with van der Waals surface area (Å²) in [6, 6.07) is 0. The molecule has 1 atom stereocenters. The van der Waals surface area contributed by atoms with E-state index < -0.39 is 24.1 Å². The summed E-state index contributed by atoms with van der Waals surface area (Å²) in [6.07, 6.45) is 0. The number of hydrogen-bond donors (Lipinski definition) is 2. The predicted octanol–water partition coefficient (Wildman–Crippen LogP) is 5.06. The highest BCUT2D eigenvalue weighted by atomic mass is 31.3. The second kappa shape index (κ2) is 6.06. The number of nitrogens with zero attached hydrogens (tertiary/aromatic N) is 3. The van der Waals surface area contributed by atoms with E-state index in [-0.39, 0.29) is 8.52 Å². The van der Waals surface area contributed by atoms with E-state index in [1.54, 1.807) is 0 Å². The first-order chi connectivity index (χ1) is 6.39. The standard InChI is InChI=1S/CH6F3N5OP4/c1-10-14(4,8-12-6)9-13(2,3)7-11-5/h5H,1H3,(H2,6,8). The van der Waals surface area contributed by atoms with Gasteiger partial charge in [0.05, 0.1) is 8.52 Å². The number of halogens is 3. The summed E-state index contributed by atoms with van der Waals surface area (Å²) >= 11 is 0. The average Bonchev–Trinajstić information content (AvgIpc) is 2.03. The summed E-state index contributed by atoms with van der Waals surface area (Å²) in [7, 11) is -9.61. The van der Waals surface area contributed by atoms with Crippen molar-refractivity contribution in [3.63, 3.8) is 0 Å². The second-order valence-corrected chi connectivity index (χ2v) is 6.39. The smallest absolute Gasteiger partial charge is 0.306 e. The van der Waals surface area contributed by atoms with Crippen LogP contribution in [0, 0.1) is 5.16 Å². The van der Waals surface area contributed by atoms with Gasteiger partial charge in [0.2, 0.25) is 0 Å². The molecule has 0 saturated heterocycles. The molecule has 6 nitrogen and oxygen atoms in total. The van der Waals surface area contributed by atoms with Crippen LogP contribution in [0.1, 0.15) is 0 Å². The van der Waals surface area contributed by atoms with Crippen LogP contribution in [0.15, 0.2) is 13.5 Å². The molecule has 0 fully saturated rings. The highest BCUT2D eigenvalue weighted by Gasteiger charge is 2.26. The summed E-state index contributed by atoms with van der Waals surface area (Å²) in [5.74, 6) is 0. The molecule has 0 aliphatic heterocycles. The van der Waals surface area contributed by atoms with Crippen molar-refractivity contribution in [1.82, 2.24) is 0 Å². The van der Waals surface area contributed by atoms with E-state index >= 15 is 0 Å². The molecule has 0 spiro atoms. The fourth-order valence-electron chi connectivity index (χ4n) is 0.359. The van der Waals surface area contributed by atoms with Gasteiger partial charge in [0.15, 0.2) is 8.52 Å². The van der Waals surface area contributed by atoms with Crippen molar-refractivity contribution in [3.05, 3.63) is 0 Å². The molecule has 0 aromatic rings. The summed E-state index contributed by atoms with van der Waals surface area (Å²) in [5.41, 5.74) is 4.83. The molecule has 0 heterocycles. The van der Waals surface area contributed by atoms with Gasteiger partial charge in [-0.05, 0) is 0 Å². The summed E-state index contributed by atoms with van der Waals surface area (Å²) in [4.78, 5) is 0. The Balaban J connectivity index is 5.32. The Morgan fingerprint density at radius 2 is 2.00 bits per heavy atom. The van der Waals surface area contributed by atoms with Crippen LogP contribution in [0.25, 0.3) is 0 Å². The van der Waals surface area contributed by atoms with E-state index in [0.717, 1.165) is 7.11 Å². The summed E-state index contributed by atoms with van der Waals surface area (Å²) < 4.78 is 50.7. The van der Waals surface area contributed by atoms with Crippen LogP contribution in [-0.4, -0.2) is 7.11 Å². The van der Waals surface area contributed by atoms with Crippen molar-refractivity contribution < 1.29 is 17.1 Å². The van der Waals surface area contributed by atoms with Gasteiger partial charge in [0.1, 0.15) is 0 Å². The highest BCUT2D eigenvalue weighted by Crippen LogP contribution is 2.69. The van der Waals surface area contributed by atoms with Crippen LogP contribution >= 0.6 is 32.6 Å². The van der Waals surface area contributed by atoms with Crippen molar-refractivity contribution in [1.29, 1.82) is 5.16 Å².